The molecule has 3 N–H and O–H groups in total. The third-order valence-electron chi connectivity index (χ3n) is 2.46. The van der Waals surface area contributed by atoms with Crippen LogP contribution in [0, 0.1) is 5.82 Å². The first-order valence-corrected chi connectivity index (χ1v) is 5.52. The Morgan fingerprint density at radius 2 is 1.89 bits per heavy atom. The van der Waals surface area contributed by atoms with Crippen LogP contribution in [-0.2, 0) is 4.79 Å². The van der Waals surface area contributed by atoms with Crippen LogP contribution >= 0.6 is 11.6 Å². The van der Waals surface area contributed by atoms with Gasteiger partial charge in [0.15, 0.2) is 0 Å². The number of hydrogen-bond acceptors (Lipinski definition) is 2. The first-order chi connectivity index (χ1) is 8.64. The van der Waals surface area contributed by atoms with Crippen molar-refractivity contribution < 1.29 is 27.5 Å². The summed E-state index contributed by atoms with van der Waals surface area (Å²) in [6.45, 7) is 0. The monoisotopic (exact) mass is 299 g/mol. The largest absolute Gasteiger partial charge is 0.490 e. The number of rotatable bonds is 1. The number of aliphatic carboxylic acids is 1. The van der Waals surface area contributed by atoms with Gasteiger partial charge in [0.25, 0.3) is 0 Å². The third kappa shape index (κ3) is 4.36. The summed E-state index contributed by atoms with van der Waals surface area (Å²) in [6.07, 6.45) is -4.21. The Labute approximate surface area is 111 Å². The predicted molar refractivity (Wildman–Crippen MR) is 60.4 cm³/mol. The second-order valence-electron chi connectivity index (χ2n) is 3.95. The molecule has 19 heavy (non-hydrogen) atoms. The summed E-state index contributed by atoms with van der Waals surface area (Å²) in [7, 11) is 0. The van der Waals surface area contributed by atoms with E-state index in [1.165, 1.54) is 0 Å². The molecule has 0 aliphatic heterocycles. The summed E-state index contributed by atoms with van der Waals surface area (Å²) in [4.78, 5) is 8.90. The molecule has 2 atom stereocenters. The Hall–Kier alpha value is -1.34. The molecule has 0 amide bonds. The van der Waals surface area contributed by atoms with E-state index in [0.29, 0.717) is 5.56 Å². The van der Waals surface area contributed by atoms with Gasteiger partial charge in [0, 0.05) is 12.0 Å². The van der Waals surface area contributed by atoms with Crippen LogP contribution in [0.25, 0.3) is 0 Å². The fourth-order valence-corrected chi connectivity index (χ4v) is 1.56. The number of carboxylic acid groups (broad SMARTS) is 1. The number of hydrogen-bond donors (Lipinski definition) is 2. The normalized spacial score (nSPS) is 21.4. The number of alkyl halides is 3. The molecule has 1 aliphatic rings. The van der Waals surface area contributed by atoms with Gasteiger partial charge in [-0.15, -0.1) is 0 Å². The molecule has 0 heterocycles. The van der Waals surface area contributed by atoms with Gasteiger partial charge in [-0.3, -0.25) is 0 Å². The Morgan fingerprint density at radius 1 is 1.42 bits per heavy atom. The summed E-state index contributed by atoms with van der Waals surface area (Å²) >= 11 is 5.62. The van der Waals surface area contributed by atoms with Gasteiger partial charge in [-0.1, -0.05) is 23.7 Å². The van der Waals surface area contributed by atoms with Crippen molar-refractivity contribution in [3.63, 3.8) is 0 Å². The van der Waals surface area contributed by atoms with E-state index >= 15 is 0 Å². The first-order valence-electron chi connectivity index (χ1n) is 5.14. The van der Waals surface area contributed by atoms with Crippen molar-refractivity contribution in [3.05, 3.63) is 34.6 Å². The van der Waals surface area contributed by atoms with Crippen LogP contribution in [-0.4, -0.2) is 23.3 Å². The van der Waals surface area contributed by atoms with Crippen molar-refractivity contribution in [3.8, 4) is 0 Å². The topological polar surface area (TPSA) is 63.3 Å². The summed E-state index contributed by atoms with van der Waals surface area (Å²) in [5.74, 6) is -2.88. The van der Waals surface area contributed by atoms with Gasteiger partial charge in [0.2, 0.25) is 0 Å². The van der Waals surface area contributed by atoms with E-state index in [9.17, 15) is 17.6 Å². The SMILES string of the molecule is NC1CC1c1cccc(Cl)c1F.O=C(O)C(F)(F)F. The lowest BCUT2D eigenvalue weighted by Gasteiger charge is -2.01. The average Bonchev–Trinajstić information content (AvgIpc) is 2.99. The van der Waals surface area contributed by atoms with E-state index in [0.717, 1.165) is 6.42 Å². The summed E-state index contributed by atoms with van der Waals surface area (Å²) < 4.78 is 45.0. The van der Waals surface area contributed by atoms with Crippen LogP contribution in [0.3, 0.4) is 0 Å². The molecule has 0 aromatic heterocycles. The van der Waals surface area contributed by atoms with E-state index in [1.54, 1.807) is 18.2 Å². The molecular weight excluding hydrogens is 290 g/mol. The van der Waals surface area contributed by atoms with Gasteiger partial charge in [-0.2, -0.15) is 13.2 Å². The maximum atomic E-state index is 13.3. The highest BCUT2D eigenvalue weighted by Gasteiger charge is 2.38. The Morgan fingerprint density at radius 3 is 2.26 bits per heavy atom. The standard InChI is InChI=1S/C9H9ClFN.C2HF3O2/c10-7-3-1-2-5(9(7)11)6-4-8(6)12;3-2(4,5)1(6)7/h1-3,6,8H,4,12H2;(H,6,7). The maximum Gasteiger partial charge on any atom is 0.490 e. The molecule has 2 rings (SSSR count). The second-order valence-corrected chi connectivity index (χ2v) is 4.36. The van der Waals surface area contributed by atoms with Crippen molar-refractivity contribution in [2.45, 2.75) is 24.6 Å². The Bertz CT molecular complexity index is 478. The van der Waals surface area contributed by atoms with Gasteiger partial charge in [-0.25, -0.2) is 9.18 Å². The van der Waals surface area contributed by atoms with E-state index in [2.05, 4.69) is 0 Å². The minimum Gasteiger partial charge on any atom is -0.475 e. The van der Waals surface area contributed by atoms with Crippen molar-refractivity contribution in [2.75, 3.05) is 0 Å². The zero-order chi connectivity index (χ0) is 14.8. The number of carbonyl (C=O) groups is 1. The van der Waals surface area contributed by atoms with Gasteiger partial charge in [-0.05, 0) is 18.1 Å². The summed E-state index contributed by atoms with van der Waals surface area (Å²) in [5, 5.41) is 7.31. The quantitative estimate of drug-likeness (QED) is 0.784. The molecule has 2 unspecified atom stereocenters. The van der Waals surface area contributed by atoms with Crippen molar-refractivity contribution in [1.29, 1.82) is 0 Å². The zero-order valence-electron chi connectivity index (χ0n) is 9.42. The fraction of sp³-hybridized carbons (Fsp3) is 0.364. The van der Waals surface area contributed by atoms with Crippen molar-refractivity contribution in [1.82, 2.24) is 0 Å². The summed E-state index contributed by atoms with van der Waals surface area (Å²) in [6, 6.07) is 5.18. The smallest absolute Gasteiger partial charge is 0.475 e. The zero-order valence-corrected chi connectivity index (χ0v) is 10.2. The molecule has 1 aliphatic carbocycles. The van der Waals surface area contributed by atoms with E-state index in [4.69, 9.17) is 27.2 Å². The van der Waals surface area contributed by atoms with Crippen LogP contribution in [0.4, 0.5) is 17.6 Å². The average molecular weight is 300 g/mol. The molecule has 0 spiro atoms. The second kappa shape index (κ2) is 5.75. The van der Waals surface area contributed by atoms with E-state index in [-0.39, 0.29) is 22.8 Å². The molecule has 3 nitrogen and oxygen atoms in total. The molecule has 1 fully saturated rings. The highest BCUT2D eigenvalue weighted by molar-refractivity contribution is 6.30. The Kier molecular flexibility index (Phi) is 4.75. The molecular formula is C11H10ClF4NO2. The minimum atomic E-state index is -5.08. The maximum absolute atomic E-state index is 13.3. The molecule has 0 saturated heterocycles. The van der Waals surface area contributed by atoms with Crippen LogP contribution in [0.5, 0.6) is 0 Å². The van der Waals surface area contributed by atoms with Gasteiger partial charge < -0.3 is 10.8 Å². The number of carboxylic acids is 1. The highest BCUT2D eigenvalue weighted by atomic mass is 35.5. The third-order valence-corrected chi connectivity index (χ3v) is 2.76. The van der Waals surface area contributed by atoms with Gasteiger partial charge in [0.05, 0.1) is 5.02 Å². The molecule has 1 aromatic rings. The van der Waals surface area contributed by atoms with Crippen LogP contribution in [0.2, 0.25) is 5.02 Å². The number of nitrogens with two attached hydrogens (primary N) is 1. The first kappa shape index (κ1) is 15.7. The van der Waals surface area contributed by atoms with Gasteiger partial charge >= 0.3 is 12.1 Å². The summed E-state index contributed by atoms with van der Waals surface area (Å²) in [5.41, 5.74) is 6.27. The number of benzene rings is 1. The number of halogens is 5. The predicted octanol–water partition coefficient (Wildman–Crippen LogP) is 2.93. The van der Waals surface area contributed by atoms with Gasteiger partial charge in [0.1, 0.15) is 5.82 Å². The van der Waals surface area contributed by atoms with Crippen LogP contribution < -0.4 is 5.73 Å². The molecule has 0 bridgehead atoms. The molecule has 8 heteroatoms. The lowest BCUT2D eigenvalue weighted by molar-refractivity contribution is -0.192. The minimum absolute atomic E-state index is 0.123. The lowest BCUT2D eigenvalue weighted by Crippen LogP contribution is -2.21. The van der Waals surface area contributed by atoms with Crippen LogP contribution in [0.15, 0.2) is 18.2 Å². The van der Waals surface area contributed by atoms with Crippen molar-refractivity contribution >= 4 is 17.6 Å². The molecule has 1 saturated carbocycles. The molecule has 106 valence electrons. The van der Waals surface area contributed by atoms with Crippen LogP contribution in [0.1, 0.15) is 17.9 Å². The highest BCUT2D eigenvalue weighted by Crippen LogP contribution is 2.41. The van der Waals surface area contributed by atoms with E-state index in [1.807, 2.05) is 0 Å². The molecule has 1 aromatic carbocycles. The lowest BCUT2D eigenvalue weighted by atomic mass is 10.1. The van der Waals surface area contributed by atoms with Crippen molar-refractivity contribution in [2.24, 2.45) is 5.73 Å². The Balaban J connectivity index is 0.000000224. The van der Waals surface area contributed by atoms with E-state index < -0.39 is 12.1 Å². The fourth-order valence-electron chi connectivity index (χ4n) is 1.38. The molecule has 0 radical (unpaired) electrons.